The Morgan fingerprint density at radius 1 is 1.04 bits per heavy atom. The van der Waals surface area contributed by atoms with Crippen molar-refractivity contribution < 1.29 is 9.53 Å². The number of hydrazone groups is 1. The van der Waals surface area contributed by atoms with Gasteiger partial charge in [0, 0.05) is 5.56 Å². The molecule has 4 heteroatoms. The number of rotatable bonds is 6. The first-order chi connectivity index (χ1) is 12.3. The fourth-order valence-electron chi connectivity index (χ4n) is 2.52. The van der Waals surface area contributed by atoms with Gasteiger partial charge in [-0.25, -0.2) is 5.43 Å². The lowest BCUT2D eigenvalue weighted by Crippen LogP contribution is -2.17. The highest BCUT2D eigenvalue weighted by atomic mass is 16.5. The molecule has 0 aliphatic carbocycles. The third-order valence-corrected chi connectivity index (χ3v) is 3.77. The van der Waals surface area contributed by atoms with E-state index in [1.165, 1.54) is 0 Å². The molecular formula is C21H20N2O2. The van der Waals surface area contributed by atoms with Crippen LogP contribution in [0.25, 0.3) is 10.8 Å². The van der Waals surface area contributed by atoms with Gasteiger partial charge in [-0.2, -0.15) is 5.10 Å². The number of carbonyl (C=O) groups excluding carboxylic acids is 1. The van der Waals surface area contributed by atoms with Crippen LogP contribution in [-0.4, -0.2) is 18.7 Å². The summed E-state index contributed by atoms with van der Waals surface area (Å²) in [7, 11) is 0. The number of amides is 1. The number of hydrogen-bond donors (Lipinski definition) is 1. The van der Waals surface area contributed by atoms with Crippen LogP contribution in [0.1, 0.15) is 29.3 Å². The van der Waals surface area contributed by atoms with Crippen LogP contribution in [0.5, 0.6) is 5.75 Å². The number of nitrogens with zero attached hydrogens (tertiary/aromatic N) is 1. The highest BCUT2D eigenvalue weighted by Gasteiger charge is 2.08. The van der Waals surface area contributed by atoms with Gasteiger partial charge < -0.3 is 4.74 Å². The molecule has 0 unspecified atom stereocenters. The minimum absolute atomic E-state index is 0.226. The number of benzene rings is 3. The summed E-state index contributed by atoms with van der Waals surface area (Å²) in [6, 6.07) is 21.0. The van der Waals surface area contributed by atoms with Crippen LogP contribution < -0.4 is 10.2 Å². The molecule has 0 saturated heterocycles. The van der Waals surface area contributed by atoms with E-state index >= 15 is 0 Å². The number of hydrogen-bond acceptors (Lipinski definition) is 3. The Labute approximate surface area is 147 Å². The molecule has 0 saturated carbocycles. The van der Waals surface area contributed by atoms with Gasteiger partial charge in [-0.05, 0) is 53.1 Å². The van der Waals surface area contributed by atoms with Crippen LogP contribution in [0.3, 0.4) is 0 Å². The minimum atomic E-state index is -0.226. The van der Waals surface area contributed by atoms with Gasteiger partial charge in [0.25, 0.3) is 5.91 Å². The highest BCUT2D eigenvalue weighted by Crippen LogP contribution is 2.18. The average Bonchev–Trinajstić information content (AvgIpc) is 2.67. The van der Waals surface area contributed by atoms with Crippen LogP contribution in [0.15, 0.2) is 71.8 Å². The molecule has 0 aromatic heterocycles. The Kier molecular flexibility index (Phi) is 5.42. The van der Waals surface area contributed by atoms with Crippen molar-refractivity contribution in [3.05, 3.63) is 77.9 Å². The Morgan fingerprint density at radius 2 is 1.80 bits per heavy atom. The molecule has 0 spiro atoms. The van der Waals surface area contributed by atoms with E-state index in [1.807, 2.05) is 60.7 Å². The molecule has 0 aliphatic rings. The third kappa shape index (κ3) is 4.23. The molecule has 4 nitrogen and oxygen atoms in total. The average molecular weight is 332 g/mol. The van der Waals surface area contributed by atoms with Gasteiger partial charge in [0.2, 0.25) is 0 Å². The first-order valence-electron chi connectivity index (χ1n) is 8.32. The predicted octanol–water partition coefficient (Wildman–Crippen LogP) is 4.39. The second-order valence-corrected chi connectivity index (χ2v) is 5.64. The van der Waals surface area contributed by atoms with Gasteiger partial charge >= 0.3 is 0 Å². The molecule has 0 heterocycles. The largest absolute Gasteiger partial charge is 0.494 e. The van der Waals surface area contributed by atoms with E-state index in [0.717, 1.165) is 28.5 Å². The van der Waals surface area contributed by atoms with Crippen molar-refractivity contribution in [1.29, 1.82) is 0 Å². The van der Waals surface area contributed by atoms with Crippen molar-refractivity contribution in [1.82, 2.24) is 5.43 Å². The van der Waals surface area contributed by atoms with Crippen molar-refractivity contribution in [2.75, 3.05) is 6.61 Å². The van der Waals surface area contributed by atoms with Gasteiger partial charge in [-0.3, -0.25) is 4.79 Å². The minimum Gasteiger partial charge on any atom is -0.494 e. The number of carbonyl (C=O) groups is 1. The van der Waals surface area contributed by atoms with Crippen molar-refractivity contribution in [3.8, 4) is 5.75 Å². The topological polar surface area (TPSA) is 50.7 Å². The van der Waals surface area contributed by atoms with E-state index in [9.17, 15) is 4.79 Å². The summed E-state index contributed by atoms with van der Waals surface area (Å²) >= 11 is 0. The van der Waals surface area contributed by atoms with E-state index in [2.05, 4.69) is 17.5 Å². The van der Waals surface area contributed by atoms with Crippen molar-refractivity contribution in [2.24, 2.45) is 5.10 Å². The van der Waals surface area contributed by atoms with E-state index < -0.39 is 0 Å². The molecule has 0 aliphatic heterocycles. The molecule has 0 fully saturated rings. The lowest BCUT2D eigenvalue weighted by Gasteiger charge is -2.05. The number of fused-ring (bicyclic) bond motifs is 1. The van der Waals surface area contributed by atoms with Crippen LogP contribution in [-0.2, 0) is 0 Å². The third-order valence-electron chi connectivity index (χ3n) is 3.77. The van der Waals surface area contributed by atoms with E-state index in [1.54, 1.807) is 12.3 Å². The van der Waals surface area contributed by atoms with Crippen LogP contribution in [0, 0.1) is 0 Å². The second kappa shape index (κ2) is 8.11. The van der Waals surface area contributed by atoms with Gasteiger partial charge in [-0.15, -0.1) is 0 Å². The Hall–Kier alpha value is -3.14. The van der Waals surface area contributed by atoms with Gasteiger partial charge in [0.05, 0.1) is 12.8 Å². The number of nitrogens with one attached hydrogen (secondary N) is 1. The first kappa shape index (κ1) is 16.7. The summed E-state index contributed by atoms with van der Waals surface area (Å²) in [6.07, 6.45) is 2.59. The predicted molar refractivity (Wildman–Crippen MR) is 101 cm³/mol. The molecule has 0 bridgehead atoms. The summed E-state index contributed by atoms with van der Waals surface area (Å²) in [6.45, 7) is 2.77. The Balaban J connectivity index is 1.66. The monoisotopic (exact) mass is 332 g/mol. The molecule has 0 radical (unpaired) electrons. The van der Waals surface area contributed by atoms with E-state index in [0.29, 0.717) is 12.2 Å². The standard InChI is InChI=1S/C21H20N2O2/c1-2-14-25-18-12-10-16(11-13-18)15-22-23-21(24)20-9-5-7-17-6-3-4-8-19(17)20/h3-13,15H,2,14H2,1H3,(H,23,24)/b22-15-. The normalized spacial score (nSPS) is 10.9. The second-order valence-electron chi connectivity index (χ2n) is 5.64. The van der Waals surface area contributed by atoms with Crippen molar-refractivity contribution >= 4 is 22.9 Å². The summed E-state index contributed by atoms with van der Waals surface area (Å²) in [5.74, 6) is 0.606. The SMILES string of the molecule is CCCOc1ccc(/C=N\NC(=O)c2cccc3ccccc23)cc1. The summed E-state index contributed by atoms with van der Waals surface area (Å²) in [4.78, 5) is 12.4. The molecule has 3 rings (SSSR count). The summed E-state index contributed by atoms with van der Waals surface area (Å²) in [5.41, 5.74) is 4.09. The first-order valence-corrected chi connectivity index (χ1v) is 8.32. The quantitative estimate of drug-likeness (QED) is 0.537. The molecule has 3 aromatic carbocycles. The molecule has 126 valence electrons. The van der Waals surface area contributed by atoms with Gasteiger partial charge in [-0.1, -0.05) is 43.3 Å². The van der Waals surface area contributed by atoms with E-state index in [-0.39, 0.29) is 5.91 Å². The van der Waals surface area contributed by atoms with Gasteiger partial charge in [0.1, 0.15) is 5.75 Å². The molecule has 3 aromatic rings. The molecule has 1 N–H and O–H groups in total. The lowest BCUT2D eigenvalue weighted by molar-refractivity contribution is 0.0957. The van der Waals surface area contributed by atoms with E-state index in [4.69, 9.17) is 4.74 Å². The fraction of sp³-hybridized carbons (Fsp3) is 0.143. The van der Waals surface area contributed by atoms with Crippen molar-refractivity contribution in [2.45, 2.75) is 13.3 Å². The van der Waals surface area contributed by atoms with Gasteiger partial charge in [0.15, 0.2) is 0 Å². The zero-order valence-electron chi connectivity index (χ0n) is 14.1. The summed E-state index contributed by atoms with van der Waals surface area (Å²) < 4.78 is 5.54. The molecule has 25 heavy (non-hydrogen) atoms. The zero-order valence-corrected chi connectivity index (χ0v) is 14.1. The number of ether oxygens (including phenoxy) is 1. The Morgan fingerprint density at radius 3 is 2.60 bits per heavy atom. The summed E-state index contributed by atoms with van der Waals surface area (Å²) in [5, 5.41) is 5.99. The highest BCUT2D eigenvalue weighted by molar-refractivity contribution is 6.07. The Bertz CT molecular complexity index is 881. The molecule has 0 atom stereocenters. The zero-order chi connectivity index (χ0) is 17.5. The van der Waals surface area contributed by atoms with Crippen LogP contribution >= 0.6 is 0 Å². The fourth-order valence-corrected chi connectivity index (χ4v) is 2.52. The maximum atomic E-state index is 12.4. The maximum Gasteiger partial charge on any atom is 0.271 e. The lowest BCUT2D eigenvalue weighted by atomic mass is 10.0. The molecule has 1 amide bonds. The smallest absolute Gasteiger partial charge is 0.271 e. The van der Waals surface area contributed by atoms with Crippen LogP contribution in [0.4, 0.5) is 0 Å². The van der Waals surface area contributed by atoms with Crippen molar-refractivity contribution in [3.63, 3.8) is 0 Å². The molecular weight excluding hydrogens is 312 g/mol. The van der Waals surface area contributed by atoms with Crippen LogP contribution in [0.2, 0.25) is 0 Å². The maximum absolute atomic E-state index is 12.4.